The van der Waals surface area contributed by atoms with Crippen LogP contribution < -0.4 is 5.32 Å². The summed E-state index contributed by atoms with van der Waals surface area (Å²) in [4.78, 5) is 12.4. The van der Waals surface area contributed by atoms with Crippen molar-refractivity contribution in [2.24, 2.45) is 5.92 Å². The molecule has 0 aliphatic heterocycles. The number of carbonyl (C=O) groups excluding carboxylic acids is 1. The number of para-hydroxylation sites is 1. The molecule has 0 radical (unpaired) electrons. The molecule has 3 aromatic rings. The second kappa shape index (κ2) is 6.46. The van der Waals surface area contributed by atoms with E-state index in [1.165, 1.54) is 0 Å². The van der Waals surface area contributed by atoms with Crippen molar-refractivity contribution in [2.45, 2.75) is 20.4 Å². The van der Waals surface area contributed by atoms with Crippen LogP contribution in [0.3, 0.4) is 0 Å². The van der Waals surface area contributed by atoms with Crippen molar-refractivity contribution < 1.29 is 9.21 Å². The molecular weight excluding hydrogens is 314 g/mol. The van der Waals surface area contributed by atoms with Crippen molar-refractivity contribution in [1.29, 1.82) is 0 Å². The number of hydrogen-bond donors (Lipinski definition) is 1. The number of nitrogens with one attached hydrogen (secondary N) is 1. The second-order valence-corrected chi connectivity index (χ2v) is 6.12. The molecule has 2 heterocycles. The van der Waals surface area contributed by atoms with Crippen LogP contribution in [0.4, 0.5) is 0 Å². The number of benzene rings is 1. The van der Waals surface area contributed by atoms with Gasteiger partial charge in [-0.05, 0) is 25.0 Å². The van der Waals surface area contributed by atoms with Gasteiger partial charge in [-0.2, -0.15) is 5.10 Å². The van der Waals surface area contributed by atoms with Gasteiger partial charge in [-0.15, -0.1) is 0 Å². The minimum atomic E-state index is -0.220. The van der Waals surface area contributed by atoms with E-state index in [9.17, 15) is 4.79 Å². The third kappa shape index (κ3) is 3.24. The molecule has 0 aliphatic rings. The fourth-order valence-electron chi connectivity index (χ4n) is 2.56. The number of carbonyl (C=O) groups is 1. The summed E-state index contributed by atoms with van der Waals surface area (Å²) in [5.74, 6) is 0.355. The number of aryl methyl sites for hydroxylation is 1. The highest BCUT2D eigenvalue weighted by Crippen LogP contribution is 2.30. The van der Waals surface area contributed by atoms with Crippen LogP contribution >= 0.6 is 11.6 Å². The zero-order valence-corrected chi connectivity index (χ0v) is 13.8. The Bertz CT molecular complexity index is 824. The Morgan fingerprint density at radius 2 is 2.26 bits per heavy atom. The van der Waals surface area contributed by atoms with Gasteiger partial charge in [-0.3, -0.25) is 9.48 Å². The van der Waals surface area contributed by atoms with E-state index in [-0.39, 0.29) is 11.8 Å². The lowest BCUT2D eigenvalue weighted by Crippen LogP contribution is -2.30. The second-order valence-electron chi connectivity index (χ2n) is 5.72. The third-order valence-electron chi connectivity index (χ3n) is 3.79. The lowest BCUT2D eigenvalue weighted by molar-refractivity contribution is 0.0920. The topological polar surface area (TPSA) is 60.1 Å². The van der Waals surface area contributed by atoms with Gasteiger partial charge in [0.15, 0.2) is 11.3 Å². The SMILES string of the molecule is Cc1c(C(=O)NCC(C)Cn2cccn2)oc2c(Cl)cccc12. The maximum absolute atomic E-state index is 12.4. The Morgan fingerprint density at radius 3 is 2.96 bits per heavy atom. The standard InChI is InChI=1S/C17H18ClN3O2/c1-11(10-21-8-4-7-20-21)9-19-17(22)15-12(2)13-5-3-6-14(18)16(13)23-15/h3-8,11H,9-10H2,1-2H3,(H,19,22). The Kier molecular flexibility index (Phi) is 4.39. The first kappa shape index (κ1) is 15.6. The highest BCUT2D eigenvalue weighted by molar-refractivity contribution is 6.35. The minimum absolute atomic E-state index is 0.220. The van der Waals surface area contributed by atoms with Gasteiger partial charge >= 0.3 is 0 Å². The van der Waals surface area contributed by atoms with E-state index in [1.54, 1.807) is 12.3 Å². The Balaban J connectivity index is 1.69. The molecule has 0 bridgehead atoms. The van der Waals surface area contributed by atoms with Crippen molar-refractivity contribution in [3.05, 3.63) is 53.0 Å². The van der Waals surface area contributed by atoms with Crippen molar-refractivity contribution >= 4 is 28.5 Å². The fraction of sp³-hybridized carbons (Fsp3) is 0.294. The van der Waals surface area contributed by atoms with Crippen LogP contribution in [0.1, 0.15) is 23.0 Å². The van der Waals surface area contributed by atoms with Crippen molar-refractivity contribution in [2.75, 3.05) is 6.54 Å². The summed E-state index contributed by atoms with van der Waals surface area (Å²) >= 11 is 6.12. The van der Waals surface area contributed by atoms with Gasteiger partial charge in [-0.25, -0.2) is 0 Å². The molecule has 3 rings (SSSR count). The Morgan fingerprint density at radius 1 is 1.43 bits per heavy atom. The predicted octanol–water partition coefficient (Wildman–Crippen LogP) is 3.66. The summed E-state index contributed by atoms with van der Waals surface area (Å²) < 4.78 is 7.52. The molecule has 2 aromatic heterocycles. The van der Waals surface area contributed by atoms with Crippen molar-refractivity contribution in [3.8, 4) is 0 Å². The van der Waals surface area contributed by atoms with E-state index in [0.29, 0.717) is 22.9 Å². The average Bonchev–Trinajstić information content (AvgIpc) is 3.14. The summed E-state index contributed by atoms with van der Waals surface area (Å²) in [7, 11) is 0. The van der Waals surface area contributed by atoms with Gasteiger partial charge in [-0.1, -0.05) is 30.7 Å². The largest absolute Gasteiger partial charge is 0.449 e. The fourth-order valence-corrected chi connectivity index (χ4v) is 2.78. The van der Waals surface area contributed by atoms with Crippen molar-refractivity contribution in [3.63, 3.8) is 0 Å². The number of nitrogens with zero attached hydrogens (tertiary/aromatic N) is 2. The van der Waals surface area contributed by atoms with Gasteiger partial charge < -0.3 is 9.73 Å². The molecule has 1 unspecified atom stereocenters. The number of amides is 1. The van der Waals surface area contributed by atoms with E-state index in [2.05, 4.69) is 17.3 Å². The van der Waals surface area contributed by atoms with Gasteiger partial charge in [0.1, 0.15) is 0 Å². The van der Waals surface area contributed by atoms with Crippen molar-refractivity contribution in [1.82, 2.24) is 15.1 Å². The first-order chi connectivity index (χ1) is 11.1. The van der Waals surface area contributed by atoms with Crippen LogP contribution in [0.2, 0.25) is 5.02 Å². The van der Waals surface area contributed by atoms with Gasteiger partial charge in [0.2, 0.25) is 0 Å². The molecule has 0 aliphatic carbocycles. The Labute approximate surface area is 139 Å². The lowest BCUT2D eigenvalue weighted by atomic mass is 10.1. The van der Waals surface area contributed by atoms with E-state index in [1.807, 2.05) is 36.0 Å². The quantitative estimate of drug-likeness (QED) is 0.776. The smallest absolute Gasteiger partial charge is 0.287 e. The number of furan rings is 1. The predicted molar refractivity (Wildman–Crippen MR) is 89.7 cm³/mol. The van der Waals surface area contributed by atoms with Crippen LogP contribution in [0.5, 0.6) is 0 Å². The summed E-state index contributed by atoms with van der Waals surface area (Å²) in [5, 5.41) is 8.46. The molecular formula is C17H18ClN3O2. The van der Waals surface area contributed by atoms with E-state index < -0.39 is 0 Å². The number of rotatable bonds is 5. The van der Waals surface area contributed by atoms with E-state index in [0.717, 1.165) is 17.5 Å². The molecule has 5 nitrogen and oxygen atoms in total. The molecule has 0 spiro atoms. The van der Waals surface area contributed by atoms with Gasteiger partial charge in [0.25, 0.3) is 5.91 Å². The number of halogens is 1. The highest BCUT2D eigenvalue weighted by atomic mass is 35.5. The van der Waals surface area contributed by atoms with Crippen LogP contribution in [0.15, 0.2) is 41.1 Å². The molecule has 0 fully saturated rings. The molecule has 1 amide bonds. The average molecular weight is 332 g/mol. The van der Waals surface area contributed by atoms with Gasteiger partial charge in [0, 0.05) is 36.4 Å². The zero-order chi connectivity index (χ0) is 16.4. The lowest BCUT2D eigenvalue weighted by Gasteiger charge is -2.12. The number of fused-ring (bicyclic) bond motifs is 1. The number of hydrogen-bond acceptors (Lipinski definition) is 3. The van der Waals surface area contributed by atoms with Gasteiger partial charge in [0.05, 0.1) is 5.02 Å². The van der Waals surface area contributed by atoms with Crippen LogP contribution in [-0.4, -0.2) is 22.2 Å². The van der Waals surface area contributed by atoms with E-state index in [4.69, 9.17) is 16.0 Å². The zero-order valence-electron chi connectivity index (χ0n) is 13.0. The molecule has 1 aromatic carbocycles. The molecule has 6 heteroatoms. The molecule has 23 heavy (non-hydrogen) atoms. The highest BCUT2D eigenvalue weighted by Gasteiger charge is 2.19. The first-order valence-corrected chi connectivity index (χ1v) is 7.87. The summed E-state index contributed by atoms with van der Waals surface area (Å²) in [6, 6.07) is 7.38. The van der Waals surface area contributed by atoms with Crippen LogP contribution in [0.25, 0.3) is 11.0 Å². The molecule has 1 atom stereocenters. The third-order valence-corrected chi connectivity index (χ3v) is 4.09. The summed E-state index contributed by atoms with van der Waals surface area (Å²) in [6.07, 6.45) is 3.65. The van der Waals surface area contributed by atoms with Crippen LogP contribution in [0, 0.1) is 12.8 Å². The van der Waals surface area contributed by atoms with Crippen LogP contribution in [-0.2, 0) is 6.54 Å². The molecule has 1 N–H and O–H groups in total. The first-order valence-electron chi connectivity index (χ1n) is 7.49. The molecule has 120 valence electrons. The minimum Gasteiger partial charge on any atom is -0.449 e. The molecule has 0 saturated heterocycles. The molecule has 0 saturated carbocycles. The summed E-state index contributed by atoms with van der Waals surface area (Å²) in [6.45, 7) is 5.22. The summed E-state index contributed by atoms with van der Waals surface area (Å²) in [5.41, 5.74) is 1.36. The number of aromatic nitrogens is 2. The monoisotopic (exact) mass is 331 g/mol. The normalized spacial score (nSPS) is 12.5. The Hall–Kier alpha value is -2.27. The maximum Gasteiger partial charge on any atom is 0.287 e. The van der Waals surface area contributed by atoms with E-state index >= 15 is 0 Å². The maximum atomic E-state index is 12.4.